The van der Waals surface area contributed by atoms with E-state index in [0.29, 0.717) is 6.54 Å². The summed E-state index contributed by atoms with van der Waals surface area (Å²) in [6.07, 6.45) is 3.86. The Balaban J connectivity index is 2.18. The quantitative estimate of drug-likeness (QED) is 0.826. The highest BCUT2D eigenvalue weighted by atomic mass is 16.2. The van der Waals surface area contributed by atoms with Crippen LogP contribution in [0.4, 0.5) is 0 Å². The van der Waals surface area contributed by atoms with Gasteiger partial charge < -0.3 is 10.6 Å². The second-order valence-corrected chi connectivity index (χ2v) is 4.75. The SMILES string of the molecule is CC1=CCN(C(=O)c2ccccc2CCN)CC1. The van der Waals surface area contributed by atoms with Crippen LogP contribution in [0, 0.1) is 0 Å². The van der Waals surface area contributed by atoms with E-state index in [9.17, 15) is 4.79 Å². The number of hydrogen-bond donors (Lipinski definition) is 1. The Hall–Kier alpha value is -1.61. The molecular weight excluding hydrogens is 224 g/mol. The van der Waals surface area contributed by atoms with Crippen LogP contribution in [0.15, 0.2) is 35.9 Å². The fourth-order valence-electron chi connectivity index (χ4n) is 2.23. The summed E-state index contributed by atoms with van der Waals surface area (Å²) in [5, 5.41) is 0. The lowest BCUT2D eigenvalue weighted by molar-refractivity contribution is 0.0768. The van der Waals surface area contributed by atoms with Crippen LogP contribution in [-0.4, -0.2) is 30.4 Å². The maximum Gasteiger partial charge on any atom is 0.254 e. The number of carbonyl (C=O) groups excluding carboxylic acids is 1. The molecule has 96 valence electrons. The van der Waals surface area contributed by atoms with Crippen LogP contribution in [0.1, 0.15) is 29.3 Å². The van der Waals surface area contributed by atoms with E-state index in [-0.39, 0.29) is 5.91 Å². The van der Waals surface area contributed by atoms with Gasteiger partial charge in [-0.15, -0.1) is 0 Å². The minimum Gasteiger partial charge on any atom is -0.335 e. The zero-order valence-corrected chi connectivity index (χ0v) is 10.9. The minimum absolute atomic E-state index is 0.128. The largest absolute Gasteiger partial charge is 0.335 e. The summed E-state index contributed by atoms with van der Waals surface area (Å²) < 4.78 is 0. The average molecular weight is 244 g/mol. The molecule has 2 N–H and O–H groups in total. The van der Waals surface area contributed by atoms with Crippen molar-refractivity contribution in [2.75, 3.05) is 19.6 Å². The highest BCUT2D eigenvalue weighted by molar-refractivity contribution is 5.95. The molecule has 1 heterocycles. The van der Waals surface area contributed by atoms with Crippen LogP contribution in [0.25, 0.3) is 0 Å². The van der Waals surface area contributed by atoms with Crippen molar-refractivity contribution >= 4 is 5.91 Å². The molecule has 1 aromatic rings. The second kappa shape index (κ2) is 5.83. The smallest absolute Gasteiger partial charge is 0.254 e. The summed E-state index contributed by atoms with van der Waals surface area (Å²) in [5.74, 6) is 0.128. The van der Waals surface area contributed by atoms with E-state index in [1.54, 1.807) is 0 Å². The van der Waals surface area contributed by atoms with Gasteiger partial charge >= 0.3 is 0 Å². The molecule has 2 rings (SSSR count). The van der Waals surface area contributed by atoms with Crippen molar-refractivity contribution in [3.8, 4) is 0 Å². The van der Waals surface area contributed by atoms with Gasteiger partial charge in [0.15, 0.2) is 0 Å². The summed E-state index contributed by atoms with van der Waals surface area (Å²) in [6, 6.07) is 7.77. The maximum absolute atomic E-state index is 12.5. The highest BCUT2D eigenvalue weighted by Gasteiger charge is 2.19. The van der Waals surface area contributed by atoms with Crippen LogP contribution < -0.4 is 5.73 Å². The average Bonchev–Trinajstić information content (AvgIpc) is 2.40. The fourth-order valence-corrected chi connectivity index (χ4v) is 2.23. The first kappa shape index (κ1) is 12.8. The van der Waals surface area contributed by atoms with Crippen molar-refractivity contribution in [1.82, 2.24) is 4.90 Å². The van der Waals surface area contributed by atoms with Crippen LogP contribution >= 0.6 is 0 Å². The molecule has 3 heteroatoms. The van der Waals surface area contributed by atoms with E-state index < -0.39 is 0 Å². The molecule has 0 bridgehead atoms. The normalized spacial score (nSPS) is 15.4. The molecule has 0 aliphatic carbocycles. The molecule has 0 fully saturated rings. The molecule has 0 spiro atoms. The van der Waals surface area contributed by atoms with Gasteiger partial charge in [-0.25, -0.2) is 0 Å². The molecule has 1 aromatic carbocycles. The van der Waals surface area contributed by atoms with Gasteiger partial charge in [0.25, 0.3) is 5.91 Å². The topological polar surface area (TPSA) is 46.3 Å². The zero-order valence-electron chi connectivity index (χ0n) is 10.9. The minimum atomic E-state index is 0.128. The lowest BCUT2D eigenvalue weighted by atomic mass is 10.0. The van der Waals surface area contributed by atoms with Gasteiger partial charge in [0.2, 0.25) is 0 Å². The van der Waals surface area contributed by atoms with Crippen LogP contribution in [-0.2, 0) is 6.42 Å². The molecule has 0 atom stereocenters. The van der Waals surface area contributed by atoms with Crippen molar-refractivity contribution in [2.24, 2.45) is 5.73 Å². The second-order valence-electron chi connectivity index (χ2n) is 4.75. The predicted molar refractivity (Wildman–Crippen MR) is 73.5 cm³/mol. The molecule has 1 aliphatic rings. The monoisotopic (exact) mass is 244 g/mol. The lowest BCUT2D eigenvalue weighted by Gasteiger charge is -2.26. The number of rotatable bonds is 3. The van der Waals surface area contributed by atoms with Gasteiger partial charge in [-0.3, -0.25) is 4.79 Å². The molecule has 3 nitrogen and oxygen atoms in total. The maximum atomic E-state index is 12.5. The van der Waals surface area contributed by atoms with E-state index in [2.05, 4.69) is 13.0 Å². The molecule has 0 saturated heterocycles. The Kier molecular flexibility index (Phi) is 4.15. The summed E-state index contributed by atoms with van der Waals surface area (Å²) >= 11 is 0. The van der Waals surface area contributed by atoms with Gasteiger partial charge in [-0.2, -0.15) is 0 Å². The van der Waals surface area contributed by atoms with E-state index in [4.69, 9.17) is 5.73 Å². The predicted octanol–water partition coefficient (Wildman–Crippen LogP) is 1.98. The first-order chi connectivity index (χ1) is 8.72. The van der Waals surface area contributed by atoms with E-state index in [1.165, 1.54) is 5.57 Å². The van der Waals surface area contributed by atoms with Gasteiger partial charge in [0.05, 0.1) is 0 Å². The third-order valence-electron chi connectivity index (χ3n) is 3.38. The summed E-state index contributed by atoms with van der Waals surface area (Å²) in [5.41, 5.74) is 8.82. The Morgan fingerprint density at radius 1 is 1.39 bits per heavy atom. The summed E-state index contributed by atoms with van der Waals surface area (Å²) in [6.45, 7) is 4.23. The molecule has 18 heavy (non-hydrogen) atoms. The van der Waals surface area contributed by atoms with Crippen LogP contribution in [0.5, 0.6) is 0 Å². The number of nitrogens with zero attached hydrogens (tertiary/aromatic N) is 1. The fraction of sp³-hybridized carbons (Fsp3) is 0.400. The van der Waals surface area contributed by atoms with E-state index >= 15 is 0 Å². The number of benzene rings is 1. The van der Waals surface area contributed by atoms with Gasteiger partial charge in [0.1, 0.15) is 0 Å². The van der Waals surface area contributed by atoms with Gasteiger partial charge in [-0.1, -0.05) is 29.8 Å². The summed E-state index contributed by atoms with van der Waals surface area (Å²) in [4.78, 5) is 14.4. The van der Waals surface area contributed by atoms with E-state index in [1.807, 2.05) is 29.2 Å². The molecule has 1 amide bonds. The third-order valence-corrected chi connectivity index (χ3v) is 3.38. The Morgan fingerprint density at radius 2 is 2.17 bits per heavy atom. The van der Waals surface area contributed by atoms with Crippen molar-refractivity contribution in [3.05, 3.63) is 47.0 Å². The molecule has 0 radical (unpaired) electrons. The van der Waals surface area contributed by atoms with Crippen LogP contribution in [0.2, 0.25) is 0 Å². The number of amides is 1. The molecule has 1 aliphatic heterocycles. The van der Waals surface area contributed by atoms with E-state index in [0.717, 1.165) is 37.1 Å². The molecule has 0 unspecified atom stereocenters. The number of nitrogens with two attached hydrogens (primary N) is 1. The van der Waals surface area contributed by atoms with Crippen LogP contribution in [0.3, 0.4) is 0 Å². The van der Waals surface area contributed by atoms with Crippen molar-refractivity contribution < 1.29 is 4.79 Å². The number of carbonyl (C=O) groups is 1. The molecule has 0 aromatic heterocycles. The van der Waals surface area contributed by atoms with Crippen molar-refractivity contribution in [3.63, 3.8) is 0 Å². The number of hydrogen-bond acceptors (Lipinski definition) is 2. The first-order valence-corrected chi connectivity index (χ1v) is 6.45. The van der Waals surface area contributed by atoms with Gasteiger partial charge in [0, 0.05) is 18.7 Å². The standard InChI is InChI=1S/C15H20N2O/c1-12-7-10-17(11-8-12)15(18)14-5-3-2-4-13(14)6-9-16/h2-5,7H,6,8-11,16H2,1H3. The third kappa shape index (κ3) is 2.79. The highest BCUT2D eigenvalue weighted by Crippen LogP contribution is 2.16. The lowest BCUT2D eigenvalue weighted by Crippen LogP contribution is -2.35. The van der Waals surface area contributed by atoms with Crippen molar-refractivity contribution in [2.45, 2.75) is 19.8 Å². The van der Waals surface area contributed by atoms with Crippen molar-refractivity contribution in [1.29, 1.82) is 0 Å². The molecular formula is C15H20N2O. The zero-order chi connectivity index (χ0) is 13.0. The summed E-state index contributed by atoms with van der Waals surface area (Å²) in [7, 11) is 0. The molecule has 0 saturated carbocycles. The Morgan fingerprint density at radius 3 is 2.83 bits per heavy atom. The Bertz CT molecular complexity index is 465. The van der Waals surface area contributed by atoms with Gasteiger partial charge in [-0.05, 0) is 37.9 Å². The Labute approximate surface area is 108 Å². The first-order valence-electron chi connectivity index (χ1n) is 6.45.